The lowest BCUT2D eigenvalue weighted by atomic mass is 10.2. The topological polar surface area (TPSA) is 66.4 Å². The molecule has 0 spiro atoms. The Labute approximate surface area is 127 Å². The number of nitrogens with one attached hydrogen (secondary N) is 1. The number of hydrogen-bond acceptors (Lipinski definition) is 3. The molecule has 0 aliphatic rings. The van der Waals surface area contributed by atoms with Crippen molar-refractivity contribution >= 4 is 27.3 Å². The number of aliphatic hydroxyl groups is 1. The molecule has 0 amide bonds. The van der Waals surface area contributed by atoms with Gasteiger partial charge in [0.15, 0.2) is 0 Å². The molecule has 0 atom stereocenters. The van der Waals surface area contributed by atoms with Crippen molar-refractivity contribution in [2.24, 2.45) is 0 Å². The maximum Gasteiger partial charge on any atom is 0.236 e. The molecule has 0 saturated heterocycles. The Morgan fingerprint density at radius 3 is 2.29 bits per heavy atom. The summed E-state index contributed by atoms with van der Waals surface area (Å²) in [7, 11) is -3.68. The minimum absolute atomic E-state index is 0.0759. The van der Waals surface area contributed by atoms with Crippen LogP contribution in [0.5, 0.6) is 0 Å². The fourth-order valence-electron chi connectivity index (χ4n) is 1.79. The third-order valence-corrected chi connectivity index (χ3v) is 4.18. The predicted octanol–water partition coefficient (Wildman–Crippen LogP) is 2.91. The highest BCUT2D eigenvalue weighted by molar-refractivity contribution is 7.91. The van der Waals surface area contributed by atoms with Gasteiger partial charge in [-0.3, -0.25) is 4.72 Å². The Kier molecular flexibility index (Phi) is 4.82. The van der Waals surface area contributed by atoms with E-state index in [2.05, 4.69) is 4.72 Å². The summed E-state index contributed by atoms with van der Waals surface area (Å²) in [5.41, 5.74) is 1.33. The Hall–Kier alpha value is -1.63. The van der Waals surface area contributed by atoms with Crippen LogP contribution in [0.3, 0.4) is 0 Å². The summed E-state index contributed by atoms with van der Waals surface area (Å²) >= 11 is 5.67. The van der Waals surface area contributed by atoms with E-state index in [1.807, 2.05) is 0 Å². The summed E-state index contributed by atoms with van der Waals surface area (Å²) in [6.07, 6.45) is 0. The summed E-state index contributed by atoms with van der Waals surface area (Å²) < 4.78 is 39.5. The van der Waals surface area contributed by atoms with Crippen LogP contribution in [0.25, 0.3) is 0 Å². The number of hydrogen-bond donors (Lipinski definition) is 2. The molecule has 0 aromatic heterocycles. The maximum atomic E-state index is 13.2. The van der Waals surface area contributed by atoms with Gasteiger partial charge in [0.2, 0.25) is 10.0 Å². The van der Waals surface area contributed by atoms with Gasteiger partial charge in [-0.05, 0) is 29.3 Å². The first kappa shape index (κ1) is 15.8. The highest BCUT2D eigenvalue weighted by atomic mass is 35.5. The third kappa shape index (κ3) is 4.70. The highest BCUT2D eigenvalue weighted by Gasteiger charge is 2.13. The van der Waals surface area contributed by atoms with Crippen molar-refractivity contribution < 1.29 is 17.9 Å². The first-order chi connectivity index (χ1) is 9.88. The Morgan fingerprint density at radius 1 is 1.10 bits per heavy atom. The van der Waals surface area contributed by atoms with Crippen LogP contribution >= 0.6 is 11.6 Å². The fourth-order valence-corrected chi connectivity index (χ4v) is 3.19. The number of rotatable bonds is 5. The second-order valence-electron chi connectivity index (χ2n) is 4.49. The van der Waals surface area contributed by atoms with Crippen LogP contribution in [-0.2, 0) is 22.4 Å². The fraction of sp³-hybridized carbons (Fsp3) is 0.143. The number of benzene rings is 2. The number of halogens is 2. The minimum atomic E-state index is -3.68. The summed E-state index contributed by atoms with van der Waals surface area (Å²) in [4.78, 5) is 0. The molecule has 0 fully saturated rings. The van der Waals surface area contributed by atoms with E-state index >= 15 is 0 Å². The quantitative estimate of drug-likeness (QED) is 0.886. The summed E-state index contributed by atoms with van der Waals surface area (Å²) in [5.74, 6) is -0.875. The average molecular weight is 330 g/mol. The lowest BCUT2D eigenvalue weighted by molar-refractivity contribution is 0.282. The molecular formula is C14H13ClFNO3S. The van der Waals surface area contributed by atoms with E-state index in [-0.39, 0.29) is 23.1 Å². The maximum absolute atomic E-state index is 13.2. The molecule has 2 aromatic rings. The van der Waals surface area contributed by atoms with Crippen LogP contribution in [-0.4, -0.2) is 13.5 Å². The largest absolute Gasteiger partial charge is 0.392 e. The second-order valence-corrected chi connectivity index (χ2v) is 6.65. The van der Waals surface area contributed by atoms with Crippen molar-refractivity contribution in [3.63, 3.8) is 0 Å². The molecule has 0 aliphatic heterocycles. The van der Waals surface area contributed by atoms with E-state index in [0.717, 1.165) is 12.1 Å². The van der Waals surface area contributed by atoms with Crippen molar-refractivity contribution in [2.75, 3.05) is 4.72 Å². The van der Waals surface area contributed by atoms with Crippen LogP contribution in [0.1, 0.15) is 11.1 Å². The van der Waals surface area contributed by atoms with Crippen molar-refractivity contribution in [1.82, 2.24) is 0 Å². The molecule has 112 valence electrons. The number of aliphatic hydroxyl groups excluding tert-OH is 1. The van der Waals surface area contributed by atoms with Crippen LogP contribution < -0.4 is 4.72 Å². The van der Waals surface area contributed by atoms with E-state index in [9.17, 15) is 12.8 Å². The zero-order chi connectivity index (χ0) is 15.5. The summed E-state index contributed by atoms with van der Waals surface area (Å²) in [6, 6.07) is 9.99. The molecule has 2 N–H and O–H groups in total. The summed E-state index contributed by atoms with van der Waals surface area (Å²) in [6.45, 7) is -0.104. The molecule has 2 rings (SSSR count). The number of sulfonamides is 1. The van der Waals surface area contributed by atoms with Gasteiger partial charge < -0.3 is 5.11 Å². The van der Waals surface area contributed by atoms with Gasteiger partial charge in [0, 0.05) is 5.02 Å². The smallest absolute Gasteiger partial charge is 0.236 e. The molecule has 4 nitrogen and oxygen atoms in total. The van der Waals surface area contributed by atoms with E-state index in [0.29, 0.717) is 11.1 Å². The van der Waals surface area contributed by atoms with Crippen LogP contribution in [0.15, 0.2) is 42.5 Å². The van der Waals surface area contributed by atoms with Crippen LogP contribution in [0, 0.1) is 5.82 Å². The summed E-state index contributed by atoms with van der Waals surface area (Å²) in [5, 5.41) is 9.04. The zero-order valence-corrected chi connectivity index (χ0v) is 12.5. The molecule has 0 radical (unpaired) electrons. The Balaban J connectivity index is 2.14. The monoisotopic (exact) mass is 329 g/mol. The lowest BCUT2D eigenvalue weighted by Gasteiger charge is -2.09. The van der Waals surface area contributed by atoms with Gasteiger partial charge in [0.1, 0.15) is 5.82 Å². The molecule has 21 heavy (non-hydrogen) atoms. The van der Waals surface area contributed by atoms with Gasteiger partial charge in [0.25, 0.3) is 0 Å². The SMILES string of the molecule is O=S(=O)(Cc1ccc(CO)cc1)Nc1cc(F)cc(Cl)c1. The molecule has 2 aromatic carbocycles. The van der Waals surface area contributed by atoms with Gasteiger partial charge in [0.05, 0.1) is 18.0 Å². The zero-order valence-electron chi connectivity index (χ0n) is 10.9. The van der Waals surface area contributed by atoms with Gasteiger partial charge in [-0.2, -0.15) is 0 Å². The predicted molar refractivity (Wildman–Crippen MR) is 80.0 cm³/mol. The van der Waals surface area contributed by atoms with E-state index < -0.39 is 15.8 Å². The van der Waals surface area contributed by atoms with Crippen molar-refractivity contribution in [3.8, 4) is 0 Å². The third-order valence-electron chi connectivity index (χ3n) is 2.70. The van der Waals surface area contributed by atoms with Crippen LogP contribution in [0.4, 0.5) is 10.1 Å². The molecule has 0 aliphatic carbocycles. The second kappa shape index (κ2) is 6.43. The first-order valence-electron chi connectivity index (χ1n) is 6.03. The standard InChI is InChI=1S/C14H13ClFNO3S/c15-12-5-13(16)7-14(6-12)17-21(19,20)9-11-3-1-10(8-18)2-4-11/h1-7,17-18H,8-9H2. The molecule has 7 heteroatoms. The first-order valence-corrected chi connectivity index (χ1v) is 8.06. The highest BCUT2D eigenvalue weighted by Crippen LogP contribution is 2.20. The normalized spacial score (nSPS) is 11.4. The van der Waals surface area contributed by atoms with Gasteiger partial charge in [-0.1, -0.05) is 35.9 Å². The Morgan fingerprint density at radius 2 is 1.71 bits per heavy atom. The molecule has 0 saturated carbocycles. The minimum Gasteiger partial charge on any atom is -0.392 e. The number of anilines is 1. The van der Waals surface area contributed by atoms with Gasteiger partial charge >= 0.3 is 0 Å². The molecule has 0 unspecified atom stereocenters. The van der Waals surface area contributed by atoms with Crippen molar-refractivity contribution in [1.29, 1.82) is 0 Å². The Bertz CT molecular complexity index is 712. The van der Waals surface area contributed by atoms with E-state index in [1.165, 1.54) is 6.07 Å². The van der Waals surface area contributed by atoms with Crippen molar-refractivity contribution in [2.45, 2.75) is 12.4 Å². The van der Waals surface area contributed by atoms with E-state index in [4.69, 9.17) is 16.7 Å². The average Bonchev–Trinajstić information content (AvgIpc) is 2.37. The van der Waals surface area contributed by atoms with Crippen LogP contribution in [0.2, 0.25) is 5.02 Å². The molecular weight excluding hydrogens is 317 g/mol. The van der Waals surface area contributed by atoms with Gasteiger partial charge in [-0.25, -0.2) is 12.8 Å². The molecule has 0 bridgehead atoms. The van der Waals surface area contributed by atoms with Gasteiger partial charge in [-0.15, -0.1) is 0 Å². The van der Waals surface area contributed by atoms with E-state index in [1.54, 1.807) is 24.3 Å². The molecule has 0 heterocycles. The lowest BCUT2D eigenvalue weighted by Crippen LogP contribution is -2.15. The van der Waals surface area contributed by atoms with Crippen molar-refractivity contribution in [3.05, 3.63) is 64.4 Å².